The van der Waals surface area contributed by atoms with Gasteiger partial charge in [0.15, 0.2) is 5.60 Å². The lowest BCUT2D eigenvalue weighted by Crippen LogP contribution is -2.50. The lowest BCUT2D eigenvalue weighted by Gasteiger charge is -2.38. The number of hydrogen-bond acceptors (Lipinski definition) is 4. The number of piperidine rings is 1. The van der Waals surface area contributed by atoms with Gasteiger partial charge in [0, 0.05) is 32.0 Å². The van der Waals surface area contributed by atoms with Crippen LogP contribution in [0.5, 0.6) is 0 Å². The highest BCUT2D eigenvalue weighted by Crippen LogP contribution is 2.48. The van der Waals surface area contributed by atoms with Crippen molar-refractivity contribution in [2.45, 2.75) is 43.6 Å². The molecule has 0 N–H and O–H groups in total. The molecule has 2 unspecified atom stereocenters. The molecule has 6 rings (SSSR count). The lowest BCUT2D eigenvalue weighted by atomic mass is 9.89. The summed E-state index contributed by atoms with van der Waals surface area (Å²) in [6, 6.07) is 7.77. The van der Waals surface area contributed by atoms with Crippen LogP contribution >= 0.6 is 0 Å². The zero-order valence-electron chi connectivity index (χ0n) is 17.2. The van der Waals surface area contributed by atoms with Crippen LogP contribution in [-0.4, -0.2) is 45.3 Å². The quantitative estimate of drug-likeness (QED) is 0.606. The summed E-state index contributed by atoms with van der Waals surface area (Å²) in [7, 11) is 0. The molecule has 1 amide bonds. The van der Waals surface area contributed by atoms with E-state index >= 15 is 0 Å². The second-order valence-electron chi connectivity index (χ2n) is 8.73. The Kier molecular flexibility index (Phi) is 4.27. The summed E-state index contributed by atoms with van der Waals surface area (Å²) in [5.74, 6) is -0.987. The van der Waals surface area contributed by atoms with Crippen LogP contribution in [0.3, 0.4) is 0 Å². The van der Waals surface area contributed by atoms with Crippen molar-refractivity contribution in [1.29, 1.82) is 0 Å². The Bertz CT molecular complexity index is 1200. The molecule has 2 aromatic heterocycles. The van der Waals surface area contributed by atoms with Gasteiger partial charge >= 0.3 is 0 Å². The minimum absolute atomic E-state index is 0.113. The number of fused-ring (bicyclic) bond motifs is 2. The van der Waals surface area contributed by atoms with E-state index in [-0.39, 0.29) is 18.0 Å². The Morgan fingerprint density at radius 3 is 2.50 bits per heavy atom. The number of anilines is 1. The number of ether oxygens (including phenoxy) is 1. The first-order chi connectivity index (χ1) is 15.4. The minimum Gasteiger partial charge on any atom is -0.356 e. The SMILES string of the molecule is O=C1N2C(CCC2c2cc(F)cc(F)c2)OC12CCN(c1ccc(F)c3ccnn13)CC2. The summed E-state index contributed by atoms with van der Waals surface area (Å²) in [6.45, 7) is 1.10. The van der Waals surface area contributed by atoms with Gasteiger partial charge in [-0.3, -0.25) is 4.79 Å². The average molecular weight is 442 g/mol. The fourth-order valence-corrected chi connectivity index (χ4v) is 5.45. The van der Waals surface area contributed by atoms with Crippen molar-refractivity contribution >= 4 is 17.2 Å². The van der Waals surface area contributed by atoms with Gasteiger partial charge in [0.25, 0.3) is 5.91 Å². The number of hydrogen-bond donors (Lipinski definition) is 0. The normalized spacial score (nSPS) is 24.7. The van der Waals surface area contributed by atoms with E-state index in [2.05, 4.69) is 10.00 Å². The van der Waals surface area contributed by atoms with Crippen molar-refractivity contribution in [3.05, 3.63) is 65.6 Å². The number of carbonyl (C=O) groups is 1. The van der Waals surface area contributed by atoms with E-state index < -0.39 is 23.3 Å². The Balaban J connectivity index is 1.24. The van der Waals surface area contributed by atoms with E-state index in [1.807, 2.05) is 0 Å². The average Bonchev–Trinajstić information content (AvgIpc) is 3.46. The summed E-state index contributed by atoms with van der Waals surface area (Å²) in [5.41, 5.74) is -0.0692. The van der Waals surface area contributed by atoms with Gasteiger partial charge in [0.1, 0.15) is 35.0 Å². The van der Waals surface area contributed by atoms with Crippen LogP contribution in [-0.2, 0) is 9.53 Å². The van der Waals surface area contributed by atoms with Crippen molar-refractivity contribution in [3.63, 3.8) is 0 Å². The molecular weight excluding hydrogens is 421 g/mol. The fourth-order valence-electron chi connectivity index (χ4n) is 5.45. The first-order valence-corrected chi connectivity index (χ1v) is 10.8. The molecule has 0 saturated carbocycles. The summed E-state index contributed by atoms with van der Waals surface area (Å²) in [5, 5.41) is 4.23. The number of pyridine rings is 1. The Labute approximate surface area is 182 Å². The molecule has 5 heterocycles. The zero-order chi connectivity index (χ0) is 22.0. The third kappa shape index (κ3) is 2.83. The first kappa shape index (κ1) is 19.6. The molecular formula is C23H21F3N4O2. The van der Waals surface area contributed by atoms with E-state index in [9.17, 15) is 18.0 Å². The molecule has 0 bridgehead atoms. The molecule has 0 aliphatic carbocycles. The second kappa shape index (κ2) is 6.96. The zero-order valence-corrected chi connectivity index (χ0v) is 17.2. The van der Waals surface area contributed by atoms with Crippen LogP contribution in [0.4, 0.5) is 19.0 Å². The Hall–Kier alpha value is -3.07. The maximum absolute atomic E-state index is 14.0. The number of carbonyl (C=O) groups excluding carboxylic acids is 1. The van der Waals surface area contributed by atoms with Crippen LogP contribution in [0.2, 0.25) is 0 Å². The monoisotopic (exact) mass is 442 g/mol. The topological polar surface area (TPSA) is 50.1 Å². The standard InChI is InChI=1S/C23H21F3N4O2/c24-15-11-14(12-16(25)13-15)18-2-4-21-29(18)22(31)23(32-21)6-9-28(10-7-23)20-3-1-17(26)19-5-8-27-30(19)20/h1,3,5,8,11-13,18,21H,2,4,6-7,9-10H2. The van der Waals surface area contributed by atoms with E-state index in [0.29, 0.717) is 49.9 Å². The van der Waals surface area contributed by atoms with E-state index in [0.717, 1.165) is 11.9 Å². The maximum Gasteiger partial charge on any atom is 0.257 e. The van der Waals surface area contributed by atoms with Crippen LogP contribution in [0, 0.1) is 17.5 Å². The van der Waals surface area contributed by atoms with Gasteiger partial charge in [-0.25, -0.2) is 17.7 Å². The van der Waals surface area contributed by atoms with Gasteiger partial charge in [-0.2, -0.15) is 5.10 Å². The summed E-state index contributed by atoms with van der Waals surface area (Å²) in [4.78, 5) is 17.3. The van der Waals surface area contributed by atoms with Gasteiger partial charge in [0.05, 0.1) is 12.2 Å². The molecule has 0 radical (unpaired) electrons. The fraction of sp³-hybridized carbons (Fsp3) is 0.391. The van der Waals surface area contributed by atoms with Crippen molar-refractivity contribution < 1.29 is 22.7 Å². The highest BCUT2D eigenvalue weighted by molar-refractivity contribution is 5.88. The number of aromatic nitrogens is 2. The third-order valence-electron chi connectivity index (χ3n) is 6.97. The van der Waals surface area contributed by atoms with Crippen LogP contribution < -0.4 is 4.90 Å². The number of halogens is 3. The van der Waals surface area contributed by atoms with Gasteiger partial charge in [-0.15, -0.1) is 0 Å². The number of benzene rings is 1. The van der Waals surface area contributed by atoms with E-state index in [1.165, 1.54) is 18.2 Å². The molecule has 9 heteroatoms. The predicted molar refractivity (Wildman–Crippen MR) is 109 cm³/mol. The molecule has 2 atom stereocenters. The molecule has 3 aromatic rings. The lowest BCUT2D eigenvalue weighted by molar-refractivity contribution is -0.140. The minimum atomic E-state index is -0.936. The molecule has 3 aliphatic rings. The highest BCUT2D eigenvalue weighted by atomic mass is 19.1. The van der Waals surface area contributed by atoms with Crippen molar-refractivity contribution in [2.24, 2.45) is 0 Å². The van der Waals surface area contributed by atoms with Crippen LogP contribution in [0.25, 0.3) is 5.52 Å². The van der Waals surface area contributed by atoms with Gasteiger partial charge in [-0.1, -0.05) is 0 Å². The number of rotatable bonds is 2. The van der Waals surface area contributed by atoms with Gasteiger partial charge in [0.2, 0.25) is 0 Å². The molecule has 166 valence electrons. The molecule has 6 nitrogen and oxygen atoms in total. The Morgan fingerprint density at radius 1 is 1.00 bits per heavy atom. The smallest absolute Gasteiger partial charge is 0.257 e. The molecule has 1 spiro atoms. The van der Waals surface area contributed by atoms with Crippen molar-refractivity contribution in [3.8, 4) is 0 Å². The molecule has 1 aromatic carbocycles. The van der Waals surface area contributed by atoms with Crippen LogP contribution in [0.1, 0.15) is 37.3 Å². The maximum atomic E-state index is 14.0. The third-order valence-corrected chi connectivity index (χ3v) is 6.97. The summed E-state index contributed by atoms with van der Waals surface area (Å²) < 4.78 is 49.4. The van der Waals surface area contributed by atoms with Crippen LogP contribution in [0.15, 0.2) is 42.6 Å². The van der Waals surface area contributed by atoms with Crippen molar-refractivity contribution in [1.82, 2.24) is 14.5 Å². The second-order valence-corrected chi connectivity index (χ2v) is 8.73. The van der Waals surface area contributed by atoms with Crippen molar-refractivity contribution in [2.75, 3.05) is 18.0 Å². The highest BCUT2D eigenvalue weighted by Gasteiger charge is 2.58. The summed E-state index contributed by atoms with van der Waals surface area (Å²) in [6.07, 6.45) is 3.36. The number of amides is 1. The number of nitrogens with zero attached hydrogens (tertiary/aromatic N) is 4. The van der Waals surface area contributed by atoms with Gasteiger partial charge in [-0.05, 0) is 48.7 Å². The summed E-state index contributed by atoms with van der Waals surface area (Å²) >= 11 is 0. The largest absolute Gasteiger partial charge is 0.356 e. The molecule has 3 fully saturated rings. The van der Waals surface area contributed by atoms with Gasteiger partial charge < -0.3 is 14.5 Å². The molecule has 3 saturated heterocycles. The molecule has 32 heavy (non-hydrogen) atoms. The van der Waals surface area contributed by atoms with E-state index in [4.69, 9.17) is 4.74 Å². The molecule has 3 aliphatic heterocycles. The van der Waals surface area contributed by atoms with E-state index in [1.54, 1.807) is 27.7 Å². The Morgan fingerprint density at radius 2 is 1.75 bits per heavy atom. The first-order valence-electron chi connectivity index (χ1n) is 10.8. The predicted octanol–water partition coefficient (Wildman–Crippen LogP) is 3.81.